The average molecular weight is 222 g/mol. The summed E-state index contributed by atoms with van der Waals surface area (Å²) in [7, 11) is 0. The molecular formula is C12H12ClNO. The van der Waals surface area contributed by atoms with Crippen LogP contribution in [0.25, 0.3) is 10.9 Å². The number of hydrogen-bond donors (Lipinski definition) is 1. The third-order valence-corrected chi connectivity index (χ3v) is 2.97. The van der Waals surface area contributed by atoms with Crippen molar-refractivity contribution in [1.29, 1.82) is 0 Å². The van der Waals surface area contributed by atoms with Gasteiger partial charge in [0.05, 0.1) is 5.02 Å². The van der Waals surface area contributed by atoms with Crippen molar-refractivity contribution in [2.24, 2.45) is 0 Å². The van der Waals surface area contributed by atoms with Gasteiger partial charge < -0.3 is 9.78 Å². The minimum Gasteiger partial charge on any atom is -0.360 e. The highest BCUT2D eigenvalue weighted by atomic mass is 35.5. The maximum atomic E-state index is 10.5. The van der Waals surface area contributed by atoms with Crippen molar-refractivity contribution in [1.82, 2.24) is 4.98 Å². The van der Waals surface area contributed by atoms with Crippen molar-refractivity contribution in [3.8, 4) is 0 Å². The third-order valence-electron chi connectivity index (χ3n) is 2.67. The second-order valence-electron chi connectivity index (χ2n) is 3.71. The monoisotopic (exact) mass is 221 g/mol. The summed E-state index contributed by atoms with van der Waals surface area (Å²) < 4.78 is 0. The van der Waals surface area contributed by atoms with E-state index in [0.29, 0.717) is 6.42 Å². The predicted octanol–water partition coefficient (Wildman–Crippen LogP) is 3.51. The summed E-state index contributed by atoms with van der Waals surface area (Å²) in [4.78, 5) is 13.6. The fraction of sp³-hybridized carbons (Fsp3) is 0.250. The molecule has 3 heteroatoms. The highest BCUT2D eigenvalue weighted by Crippen LogP contribution is 2.31. The summed E-state index contributed by atoms with van der Waals surface area (Å²) in [5.41, 5.74) is 2.15. The Morgan fingerprint density at radius 3 is 3.07 bits per heavy atom. The molecule has 0 aliphatic rings. The number of aldehydes is 1. The number of carbonyl (C=O) groups excluding carboxylic acids is 1. The molecule has 0 saturated heterocycles. The van der Waals surface area contributed by atoms with Crippen LogP contribution in [0.1, 0.15) is 24.8 Å². The molecular weight excluding hydrogens is 210 g/mol. The lowest BCUT2D eigenvalue weighted by molar-refractivity contribution is -0.108. The molecule has 1 unspecified atom stereocenters. The molecule has 1 aromatic carbocycles. The minimum atomic E-state index is 0.208. The summed E-state index contributed by atoms with van der Waals surface area (Å²) in [5, 5.41) is 1.76. The van der Waals surface area contributed by atoms with Crippen molar-refractivity contribution in [3.05, 3.63) is 35.0 Å². The number of carbonyl (C=O) groups is 1. The van der Waals surface area contributed by atoms with Crippen LogP contribution < -0.4 is 0 Å². The number of rotatable bonds is 3. The van der Waals surface area contributed by atoms with Crippen molar-refractivity contribution < 1.29 is 4.79 Å². The molecule has 2 rings (SSSR count). The summed E-state index contributed by atoms with van der Waals surface area (Å²) in [6.07, 6.45) is 3.26. The Labute approximate surface area is 93.2 Å². The van der Waals surface area contributed by atoms with Crippen molar-refractivity contribution in [3.63, 3.8) is 0 Å². The van der Waals surface area contributed by atoms with Crippen molar-refractivity contribution in [2.45, 2.75) is 19.3 Å². The first-order valence-electron chi connectivity index (χ1n) is 4.93. The highest BCUT2D eigenvalue weighted by Gasteiger charge is 2.12. The van der Waals surface area contributed by atoms with Crippen LogP contribution in [0.4, 0.5) is 0 Å². The topological polar surface area (TPSA) is 32.9 Å². The van der Waals surface area contributed by atoms with Crippen LogP contribution in [0.3, 0.4) is 0 Å². The number of benzene rings is 1. The number of aromatic amines is 1. The van der Waals surface area contributed by atoms with E-state index in [9.17, 15) is 4.79 Å². The number of halogens is 1. The van der Waals surface area contributed by atoms with Gasteiger partial charge in [0.2, 0.25) is 0 Å². The van der Waals surface area contributed by atoms with E-state index in [1.54, 1.807) is 6.20 Å². The van der Waals surface area contributed by atoms with E-state index in [-0.39, 0.29) is 5.92 Å². The van der Waals surface area contributed by atoms with Gasteiger partial charge in [0.15, 0.2) is 0 Å². The molecule has 0 bridgehead atoms. The van der Waals surface area contributed by atoms with Crippen LogP contribution in [0.15, 0.2) is 24.4 Å². The summed E-state index contributed by atoms with van der Waals surface area (Å²) in [6.45, 7) is 2.03. The van der Waals surface area contributed by atoms with Gasteiger partial charge in [-0.1, -0.05) is 30.7 Å². The highest BCUT2D eigenvalue weighted by molar-refractivity contribution is 6.35. The van der Waals surface area contributed by atoms with Crippen molar-refractivity contribution in [2.75, 3.05) is 0 Å². The molecule has 1 N–H and O–H groups in total. The van der Waals surface area contributed by atoms with Crippen LogP contribution in [-0.4, -0.2) is 11.3 Å². The molecule has 0 amide bonds. The van der Waals surface area contributed by atoms with Gasteiger partial charge in [-0.3, -0.25) is 0 Å². The zero-order valence-corrected chi connectivity index (χ0v) is 9.21. The summed E-state index contributed by atoms with van der Waals surface area (Å²) in [5.74, 6) is 0.208. The van der Waals surface area contributed by atoms with Gasteiger partial charge in [0.1, 0.15) is 6.29 Å². The Balaban J connectivity index is 2.58. The van der Waals surface area contributed by atoms with Gasteiger partial charge >= 0.3 is 0 Å². The van der Waals surface area contributed by atoms with Gasteiger partial charge in [-0.15, -0.1) is 0 Å². The first kappa shape index (κ1) is 10.2. The minimum absolute atomic E-state index is 0.208. The number of nitrogens with one attached hydrogen (secondary N) is 1. The van der Waals surface area contributed by atoms with Crippen LogP contribution >= 0.6 is 11.6 Å². The molecule has 2 aromatic rings. The van der Waals surface area contributed by atoms with E-state index >= 15 is 0 Å². The van der Waals surface area contributed by atoms with E-state index < -0.39 is 0 Å². The molecule has 0 spiro atoms. The Bertz CT molecular complexity index is 489. The average Bonchev–Trinajstić information content (AvgIpc) is 2.61. The SMILES string of the molecule is CC(CC=O)c1cccc2[nH]cc(Cl)c12. The van der Waals surface area contributed by atoms with E-state index in [0.717, 1.165) is 27.8 Å². The van der Waals surface area contributed by atoms with Crippen LogP contribution in [-0.2, 0) is 4.79 Å². The van der Waals surface area contributed by atoms with E-state index in [4.69, 9.17) is 11.6 Å². The molecule has 0 aliphatic carbocycles. The van der Waals surface area contributed by atoms with Gasteiger partial charge in [-0.2, -0.15) is 0 Å². The lowest BCUT2D eigenvalue weighted by atomic mass is 9.95. The molecule has 1 aromatic heterocycles. The molecule has 78 valence electrons. The van der Waals surface area contributed by atoms with Crippen molar-refractivity contribution >= 4 is 28.8 Å². The first-order chi connectivity index (χ1) is 7.24. The quantitative estimate of drug-likeness (QED) is 0.791. The zero-order valence-electron chi connectivity index (χ0n) is 8.46. The van der Waals surface area contributed by atoms with Gasteiger partial charge in [0.25, 0.3) is 0 Å². The lowest BCUT2D eigenvalue weighted by Crippen LogP contribution is -1.94. The Morgan fingerprint density at radius 2 is 2.33 bits per heavy atom. The molecule has 1 atom stereocenters. The fourth-order valence-corrected chi connectivity index (χ4v) is 2.12. The van der Waals surface area contributed by atoms with E-state index in [2.05, 4.69) is 4.98 Å². The molecule has 2 nitrogen and oxygen atoms in total. The van der Waals surface area contributed by atoms with Gasteiger partial charge in [-0.05, 0) is 17.5 Å². The molecule has 0 fully saturated rings. The third kappa shape index (κ3) is 1.77. The van der Waals surface area contributed by atoms with Gasteiger partial charge in [0, 0.05) is 23.5 Å². The smallest absolute Gasteiger partial charge is 0.120 e. The lowest BCUT2D eigenvalue weighted by Gasteiger charge is -2.09. The van der Waals surface area contributed by atoms with Crippen LogP contribution in [0.5, 0.6) is 0 Å². The maximum Gasteiger partial charge on any atom is 0.120 e. The molecule has 15 heavy (non-hydrogen) atoms. The Kier molecular flexibility index (Phi) is 2.78. The second kappa shape index (κ2) is 4.07. The number of fused-ring (bicyclic) bond motifs is 1. The Hall–Kier alpha value is -1.28. The standard InChI is InChI=1S/C12H12ClNO/c1-8(5-6-15)9-3-2-4-11-12(9)10(13)7-14-11/h2-4,6-8,14H,5H2,1H3. The number of aromatic nitrogens is 1. The largest absolute Gasteiger partial charge is 0.360 e. The first-order valence-corrected chi connectivity index (χ1v) is 5.31. The predicted molar refractivity (Wildman–Crippen MR) is 62.4 cm³/mol. The zero-order chi connectivity index (χ0) is 10.8. The maximum absolute atomic E-state index is 10.5. The molecule has 1 heterocycles. The normalized spacial score (nSPS) is 12.9. The van der Waals surface area contributed by atoms with E-state index in [1.807, 2.05) is 25.1 Å². The Morgan fingerprint density at radius 1 is 1.53 bits per heavy atom. The van der Waals surface area contributed by atoms with Crippen LogP contribution in [0.2, 0.25) is 5.02 Å². The molecule has 0 aliphatic heterocycles. The number of hydrogen-bond acceptors (Lipinski definition) is 1. The number of H-pyrrole nitrogens is 1. The second-order valence-corrected chi connectivity index (χ2v) is 4.12. The summed E-state index contributed by atoms with van der Waals surface area (Å²) >= 11 is 6.10. The molecule has 0 radical (unpaired) electrons. The fourth-order valence-electron chi connectivity index (χ4n) is 1.85. The molecule has 0 saturated carbocycles. The van der Waals surface area contributed by atoms with Gasteiger partial charge in [-0.25, -0.2) is 0 Å². The summed E-state index contributed by atoms with van der Waals surface area (Å²) in [6, 6.07) is 5.99. The van der Waals surface area contributed by atoms with E-state index in [1.165, 1.54) is 0 Å². The van der Waals surface area contributed by atoms with Crippen LogP contribution in [0, 0.1) is 0 Å².